The van der Waals surface area contributed by atoms with E-state index in [-0.39, 0.29) is 22.6 Å². The van der Waals surface area contributed by atoms with Crippen molar-refractivity contribution in [2.45, 2.75) is 12.8 Å². The maximum absolute atomic E-state index is 11.5. The molecule has 0 bridgehead atoms. The van der Waals surface area contributed by atoms with Crippen LogP contribution in [-0.4, -0.2) is 68.7 Å². The molecule has 0 atom stereocenters. The summed E-state index contributed by atoms with van der Waals surface area (Å²) in [5.74, 6) is -0.250. The van der Waals surface area contributed by atoms with Crippen molar-refractivity contribution in [2.24, 2.45) is 5.73 Å². The Morgan fingerprint density at radius 2 is 1.88 bits per heavy atom. The molecule has 2 aromatic rings. The van der Waals surface area contributed by atoms with Gasteiger partial charge in [-0.15, -0.1) is 0 Å². The van der Waals surface area contributed by atoms with Gasteiger partial charge in [-0.2, -0.15) is 15.0 Å². The number of amides is 2. The second-order valence-corrected chi connectivity index (χ2v) is 8.37. The number of ketones is 1. The molecule has 15 heteroatoms. The summed E-state index contributed by atoms with van der Waals surface area (Å²) in [7, 11) is 0. The Morgan fingerprint density at radius 1 is 1.12 bits per heavy atom. The molecule has 34 heavy (non-hydrogen) atoms. The van der Waals surface area contributed by atoms with E-state index in [4.69, 9.17) is 5.73 Å². The number of anilines is 4. The monoisotopic (exact) mass is 485 g/mol. The lowest BCUT2D eigenvalue weighted by Gasteiger charge is -2.35. The van der Waals surface area contributed by atoms with Crippen molar-refractivity contribution < 1.29 is 14.4 Å². The largest absolute Gasteiger partial charge is 0.365 e. The molecule has 6 N–H and O–H groups in total. The zero-order valence-electron chi connectivity index (χ0n) is 18.1. The zero-order valence-corrected chi connectivity index (χ0v) is 18.9. The average molecular weight is 486 g/mol. The zero-order chi connectivity index (χ0) is 24.1. The van der Waals surface area contributed by atoms with Crippen LogP contribution in [0.5, 0.6) is 0 Å². The fourth-order valence-electron chi connectivity index (χ4n) is 3.23. The van der Waals surface area contributed by atoms with Gasteiger partial charge in [0.25, 0.3) is 11.8 Å². The summed E-state index contributed by atoms with van der Waals surface area (Å²) in [6, 6.07) is 0. The number of hydrogen-bond acceptors (Lipinski definition) is 13. The predicted octanol–water partition coefficient (Wildman–Crippen LogP) is -0.327. The van der Waals surface area contributed by atoms with Crippen LogP contribution in [-0.2, 0) is 9.59 Å². The van der Waals surface area contributed by atoms with Crippen LogP contribution in [0, 0.1) is 0 Å². The third-order valence-corrected chi connectivity index (χ3v) is 5.84. The smallest absolute Gasteiger partial charge is 0.261 e. The van der Waals surface area contributed by atoms with E-state index >= 15 is 0 Å². The second-order valence-electron chi connectivity index (χ2n) is 7.34. The molecule has 2 amide bonds. The van der Waals surface area contributed by atoms with E-state index in [0.29, 0.717) is 43.7 Å². The summed E-state index contributed by atoms with van der Waals surface area (Å²) in [5.41, 5.74) is 14.5. The minimum atomic E-state index is -0.583. The van der Waals surface area contributed by atoms with Gasteiger partial charge in [-0.3, -0.25) is 30.6 Å². The topological polar surface area (TPSA) is 183 Å². The standard InChI is InChI=1S/C19H23N11O3S/c1-2-14(32)26-27-17-22-16(25-19-21-10-13(34-19)15(20)33)23-18(24-17)29-5-7-30(8-6-29)28-11-3-4-12(31)9-11/h2,9-10,28H,1,3-8H2,(H2,20,33)(H,26,32)(H2,21,22,23,24,25,27). The number of thiazole rings is 1. The molecule has 3 heterocycles. The number of nitrogens with one attached hydrogen (secondary N) is 4. The summed E-state index contributed by atoms with van der Waals surface area (Å²) in [6.45, 7) is 5.96. The number of primary amides is 1. The van der Waals surface area contributed by atoms with E-state index < -0.39 is 11.8 Å². The minimum Gasteiger partial charge on any atom is -0.365 e. The number of carbonyl (C=O) groups is 3. The Kier molecular flexibility index (Phi) is 6.93. The number of nitrogens with two attached hydrogens (primary N) is 1. The molecule has 4 rings (SSSR count). The summed E-state index contributed by atoms with van der Waals surface area (Å²) in [4.78, 5) is 53.8. The molecule has 0 aromatic carbocycles. The first kappa shape index (κ1) is 23.1. The molecule has 1 fully saturated rings. The highest BCUT2D eigenvalue weighted by Crippen LogP contribution is 2.23. The van der Waals surface area contributed by atoms with Crippen LogP contribution in [0.4, 0.5) is 23.0 Å². The molecule has 0 radical (unpaired) electrons. The van der Waals surface area contributed by atoms with Crippen LogP contribution in [0.2, 0.25) is 0 Å². The summed E-state index contributed by atoms with van der Waals surface area (Å²) in [6.07, 6.45) is 5.38. The van der Waals surface area contributed by atoms with E-state index in [1.807, 2.05) is 9.91 Å². The number of nitrogens with zero attached hydrogens (tertiary/aromatic N) is 6. The van der Waals surface area contributed by atoms with Crippen molar-refractivity contribution >= 4 is 51.9 Å². The molecule has 14 nitrogen and oxygen atoms in total. The molecule has 0 spiro atoms. The number of carbonyl (C=O) groups excluding carboxylic acids is 3. The third kappa shape index (κ3) is 5.81. The van der Waals surface area contributed by atoms with Gasteiger partial charge in [0, 0.05) is 44.4 Å². The van der Waals surface area contributed by atoms with E-state index in [9.17, 15) is 14.4 Å². The maximum Gasteiger partial charge on any atom is 0.261 e. The minimum absolute atomic E-state index is 0.101. The van der Waals surface area contributed by atoms with Crippen molar-refractivity contribution in [3.63, 3.8) is 0 Å². The Bertz CT molecular complexity index is 1140. The Balaban J connectivity index is 1.47. The van der Waals surface area contributed by atoms with E-state index in [2.05, 4.69) is 48.1 Å². The average Bonchev–Trinajstić information content (AvgIpc) is 3.46. The normalized spacial score (nSPS) is 16.1. The lowest BCUT2D eigenvalue weighted by Crippen LogP contribution is -2.52. The molecule has 0 saturated carbocycles. The van der Waals surface area contributed by atoms with E-state index in [1.165, 1.54) is 6.20 Å². The molecule has 1 aliphatic heterocycles. The number of allylic oxidation sites excluding steroid dienone is 2. The SMILES string of the molecule is C=CC(=O)NNc1nc(Nc2ncc(C(N)=O)s2)nc(N2CCN(NC3=CC(=O)CC3)CC2)n1. The summed E-state index contributed by atoms with van der Waals surface area (Å²) in [5, 5.41) is 5.36. The highest BCUT2D eigenvalue weighted by Gasteiger charge is 2.23. The highest BCUT2D eigenvalue weighted by molar-refractivity contribution is 7.17. The third-order valence-electron chi connectivity index (χ3n) is 4.91. The van der Waals surface area contributed by atoms with Crippen molar-refractivity contribution in [3.05, 3.63) is 35.5 Å². The van der Waals surface area contributed by atoms with Gasteiger partial charge in [-0.05, 0) is 12.5 Å². The molecular weight excluding hydrogens is 462 g/mol. The van der Waals surface area contributed by atoms with E-state index in [0.717, 1.165) is 29.5 Å². The van der Waals surface area contributed by atoms with Crippen LogP contribution in [0.1, 0.15) is 22.5 Å². The predicted molar refractivity (Wildman–Crippen MR) is 125 cm³/mol. The molecule has 0 unspecified atom stereocenters. The van der Waals surface area contributed by atoms with Gasteiger partial charge in [0.15, 0.2) is 10.9 Å². The molecule has 2 aromatic heterocycles. The van der Waals surface area contributed by atoms with Gasteiger partial charge < -0.3 is 16.1 Å². The van der Waals surface area contributed by atoms with Crippen LogP contribution in [0.25, 0.3) is 0 Å². The van der Waals surface area contributed by atoms with Crippen molar-refractivity contribution in [3.8, 4) is 0 Å². The van der Waals surface area contributed by atoms with Crippen LogP contribution in [0.3, 0.4) is 0 Å². The summed E-state index contributed by atoms with van der Waals surface area (Å²) >= 11 is 1.06. The van der Waals surface area contributed by atoms with Crippen LogP contribution in [0.15, 0.2) is 30.6 Å². The van der Waals surface area contributed by atoms with Crippen LogP contribution >= 0.6 is 11.3 Å². The van der Waals surface area contributed by atoms with Crippen LogP contribution < -0.4 is 32.2 Å². The van der Waals surface area contributed by atoms with Crippen molar-refractivity contribution in [1.29, 1.82) is 0 Å². The molecule has 1 saturated heterocycles. The maximum atomic E-state index is 11.5. The Hall–Kier alpha value is -4.11. The van der Waals surface area contributed by atoms with E-state index in [1.54, 1.807) is 6.08 Å². The fourth-order valence-corrected chi connectivity index (χ4v) is 3.90. The lowest BCUT2D eigenvalue weighted by molar-refractivity contribution is -0.116. The molecule has 1 aliphatic carbocycles. The molecule has 2 aliphatic rings. The highest BCUT2D eigenvalue weighted by atomic mass is 32.1. The second kappa shape index (κ2) is 10.2. The van der Waals surface area contributed by atoms with Crippen molar-refractivity contribution in [1.82, 2.24) is 35.8 Å². The van der Waals surface area contributed by atoms with Gasteiger partial charge in [-0.25, -0.2) is 9.99 Å². The lowest BCUT2D eigenvalue weighted by atomic mass is 10.3. The number of rotatable bonds is 9. The first-order valence-electron chi connectivity index (χ1n) is 10.4. The summed E-state index contributed by atoms with van der Waals surface area (Å²) < 4.78 is 0. The Labute approximate surface area is 198 Å². The number of hydrogen-bond donors (Lipinski definition) is 5. The molecule has 178 valence electrons. The number of piperazine rings is 1. The van der Waals surface area contributed by atoms with Gasteiger partial charge >= 0.3 is 0 Å². The molecular formula is C19H23N11O3S. The number of hydrazine groups is 2. The number of aromatic nitrogens is 4. The van der Waals surface area contributed by atoms with Crippen molar-refractivity contribution in [2.75, 3.05) is 41.8 Å². The van der Waals surface area contributed by atoms with Gasteiger partial charge in [0.2, 0.25) is 17.8 Å². The quantitative estimate of drug-likeness (QED) is 0.231. The fraction of sp³-hybridized carbons (Fsp3) is 0.316. The Morgan fingerprint density at radius 3 is 2.53 bits per heavy atom. The first-order chi connectivity index (χ1) is 16.4. The van der Waals surface area contributed by atoms with Gasteiger partial charge in [0.1, 0.15) is 4.88 Å². The van der Waals surface area contributed by atoms with Gasteiger partial charge in [-0.1, -0.05) is 17.9 Å². The van der Waals surface area contributed by atoms with Gasteiger partial charge in [0.05, 0.1) is 6.20 Å². The first-order valence-corrected chi connectivity index (χ1v) is 11.2.